The van der Waals surface area contributed by atoms with Crippen molar-refractivity contribution in [2.75, 3.05) is 19.8 Å². The van der Waals surface area contributed by atoms with Gasteiger partial charge in [0.1, 0.15) is 5.82 Å². The summed E-state index contributed by atoms with van der Waals surface area (Å²) in [6.45, 7) is 5.74. The number of benzene rings is 1. The third-order valence-electron chi connectivity index (χ3n) is 2.56. The van der Waals surface area contributed by atoms with Crippen molar-refractivity contribution in [3.05, 3.63) is 34.1 Å². The summed E-state index contributed by atoms with van der Waals surface area (Å²) in [5.41, 5.74) is 0.0321. The number of ether oxygens (including phenoxy) is 1. The smallest absolute Gasteiger partial charge is 0.255 e. The minimum Gasteiger partial charge on any atom is -0.380 e. The molecule has 0 saturated heterocycles. The molecule has 0 unspecified atom stereocenters. The van der Waals surface area contributed by atoms with Crippen molar-refractivity contribution in [2.24, 2.45) is 5.92 Å². The second-order valence-corrected chi connectivity index (χ2v) is 5.50. The highest BCUT2D eigenvalue weighted by atomic mass is 79.9. The molecule has 0 aromatic heterocycles. The second kappa shape index (κ2) is 8.27. The molecular formula is C14H19BrFNO2. The summed E-state index contributed by atoms with van der Waals surface area (Å²) in [4.78, 5) is 11.8. The van der Waals surface area contributed by atoms with E-state index in [0.29, 0.717) is 30.1 Å². The molecule has 1 aromatic carbocycles. The molecule has 5 heteroatoms. The Balaban J connectivity index is 2.32. The highest BCUT2D eigenvalue weighted by Gasteiger charge is 2.14. The first-order valence-electron chi connectivity index (χ1n) is 6.32. The van der Waals surface area contributed by atoms with E-state index in [1.807, 2.05) is 0 Å². The van der Waals surface area contributed by atoms with Crippen molar-refractivity contribution in [3.8, 4) is 0 Å². The molecule has 0 saturated carbocycles. The number of hydrogen-bond acceptors (Lipinski definition) is 2. The molecule has 19 heavy (non-hydrogen) atoms. The van der Waals surface area contributed by atoms with Gasteiger partial charge in [-0.1, -0.05) is 19.9 Å². The Morgan fingerprint density at radius 1 is 1.42 bits per heavy atom. The second-order valence-electron chi connectivity index (χ2n) is 4.65. The summed E-state index contributed by atoms with van der Waals surface area (Å²) in [5, 5.41) is 2.63. The Kier molecular flexibility index (Phi) is 7.02. The number of nitrogens with one attached hydrogen (secondary N) is 1. The first-order chi connectivity index (χ1) is 9.02. The topological polar surface area (TPSA) is 38.3 Å². The molecule has 1 N–H and O–H groups in total. The van der Waals surface area contributed by atoms with Crippen LogP contribution in [0.15, 0.2) is 22.7 Å². The molecule has 0 bridgehead atoms. The Hall–Kier alpha value is -0.940. The van der Waals surface area contributed by atoms with E-state index < -0.39 is 11.7 Å². The van der Waals surface area contributed by atoms with Crippen LogP contribution in [-0.2, 0) is 4.74 Å². The van der Waals surface area contributed by atoms with Crippen molar-refractivity contribution in [1.29, 1.82) is 0 Å². The lowest BCUT2D eigenvalue weighted by Gasteiger charge is -2.09. The van der Waals surface area contributed by atoms with E-state index in [1.165, 1.54) is 6.07 Å². The van der Waals surface area contributed by atoms with E-state index in [-0.39, 0.29) is 5.56 Å². The Morgan fingerprint density at radius 3 is 2.79 bits per heavy atom. The van der Waals surface area contributed by atoms with Crippen LogP contribution in [0.5, 0.6) is 0 Å². The van der Waals surface area contributed by atoms with E-state index in [0.717, 1.165) is 6.42 Å². The van der Waals surface area contributed by atoms with E-state index in [4.69, 9.17) is 4.74 Å². The fraction of sp³-hybridized carbons (Fsp3) is 0.500. The standard InChI is InChI=1S/C14H19BrFNO2/c1-10(2)6-8-19-9-7-17-14(18)13-11(15)4-3-5-12(13)16/h3-5,10H,6-9H2,1-2H3,(H,17,18). The van der Waals surface area contributed by atoms with Gasteiger partial charge in [-0.05, 0) is 40.4 Å². The zero-order chi connectivity index (χ0) is 14.3. The maximum atomic E-state index is 13.5. The van der Waals surface area contributed by atoms with E-state index >= 15 is 0 Å². The largest absolute Gasteiger partial charge is 0.380 e. The average Bonchev–Trinajstić information content (AvgIpc) is 2.33. The van der Waals surface area contributed by atoms with Gasteiger partial charge in [-0.15, -0.1) is 0 Å². The van der Waals surface area contributed by atoms with Crippen molar-refractivity contribution >= 4 is 21.8 Å². The lowest BCUT2D eigenvalue weighted by atomic mass is 10.1. The molecule has 106 valence electrons. The van der Waals surface area contributed by atoms with E-state index in [9.17, 15) is 9.18 Å². The van der Waals surface area contributed by atoms with Crippen LogP contribution in [0.3, 0.4) is 0 Å². The van der Waals surface area contributed by atoms with Crippen LogP contribution < -0.4 is 5.32 Å². The lowest BCUT2D eigenvalue weighted by molar-refractivity contribution is 0.0901. The summed E-state index contributed by atoms with van der Waals surface area (Å²) < 4.78 is 19.3. The number of amides is 1. The lowest BCUT2D eigenvalue weighted by Crippen LogP contribution is -2.28. The minimum absolute atomic E-state index is 0.0321. The van der Waals surface area contributed by atoms with Crippen LogP contribution in [0.2, 0.25) is 0 Å². The molecule has 0 fully saturated rings. The zero-order valence-electron chi connectivity index (χ0n) is 11.2. The van der Waals surface area contributed by atoms with Crippen LogP contribution >= 0.6 is 15.9 Å². The van der Waals surface area contributed by atoms with E-state index in [1.54, 1.807) is 12.1 Å². The molecule has 0 heterocycles. The van der Waals surface area contributed by atoms with Crippen LogP contribution in [-0.4, -0.2) is 25.7 Å². The van der Waals surface area contributed by atoms with Gasteiger partial charge in [-0.25, -0.2) is 4.39 Å². The monoisotopic (exact) mass is 331 g/mol. The fourth-order valence-electron chi connectivity index (χ4n) is 1.46. The van der Waals surface area contributed by atoms with Crippen LogP contribution in [0.25, 0.3) is 0 Å². The Labute approximate surface area is 121 Å². The van der Waals surface area contributed by atoms with Crippen LogP contribution in [0.4, 0.5) is 4.39 Å². The SMILES string of the molecule is CC(C)CCOCCNC(=O)c1c(F)cccc1Br. The van der Waals surface area contributed by atoms with Crippen molar-refractivity contribution < 1.29 is 13.9 Å². The average molecular weight is 332 g/mol. The summed E-state index contributed by atoms with van der Waals surface area (Å²) >= 11 is 3.17. The molecule has 1 amide bonds. The number of hydrogen-bond donors (Lipinski definition) is 1. The van der Waals surface area contributed by atoms with Gasteiger partial charge < -0.3 is 10.1 Å². The minimum atomic E-state index is -0.535. The van der Waals surface area contributed by atoms with Gasteiger partial charge >= 0.3 is 0 Å². The molecule has 1 aromatic rings. The number of halogens is 2. The van der Waals surface area contributed by atoms with Crippen LogP contribution in [0, 0.1) is 11.7 Å². The molecule has 0 radical (unpaired) electrons. The molecule has 0 spiro atoms. The van der Waals surface area contributed by atoms with Gasteiger partial charge in [0.2, 0.25) is 0 Å². The number of rotatable bonds is 7. The first-order valence-corrected chi connectivity index (χ1v) is 7.11. The van der Waals surface area contributed by atoms with Crippen molar-refractivity contribution in [3.63, 3.8) is 0 Å². The first kappa shape index (κ1) is 16.1. The number of carbonyl (C=O) groups excluding carboxylic acids is 1. The third-order valence-corrected chi connectivity index (χ3v) is 3.22. The molecule has 3 nitrogen and oxygen atoms in total. The molecule has 0 atom stereocenters. The maximum absolute atomic E-state index is 13.5. The van der Waals surface area contributed by atoms with Gasteiger partial charge in [0, 0.05) is 17.6 Å². The van der Waals surface area contributed by atoms with Gasteiger partial charge in [-0.2, -0.15) is 0 Å². The third kappa shape index (κ3) is 5.70. The summed E-state index contributed by atoms with van der Waals surface area (Å²) in [7, 11) is 0. The highest BCUT2D eigenvalue weighted by molar-refractivity contribution is 9.10. The Morgan fingerprint density at radius 2 is 2.16 bits per heavy atom. The maximum Gasteiger partial charge on any atom is 0.255 e. The predicted molar refractivity (Wildman–Crippen MR) is 76.7 cm³/mol. The molecular weight excluding hydrogens is 313 g/mol. The number of carbonyl (C=O) groups is 1. The zero-order valence-corrected chi connectivity index (χ0v) is 12.8. The molecule has 0 aliphatic rings. The molecule has 0 aliphatic carbocycles. The fourth-order valence-corrected chi connectivity index (χ4v) is 1.98. The molecule has 1 rings (SSSR count). The summed E-state index contributed by atoms with van der Waals surface area (Å²) in [6, 6.07) is 4.45. The van der Waals surface area contributed by atoms with Gasteiger partial charge in [0.15, 0.2) is 0 Å². The van der Waals surface area contributed by atoms with Crippen molar-refractivity contribution in [1.82, 2.24) is 5.32 Å². The predicted octanol–water partition coefficient (Wildman–Crippen LogP) is 3.38. The van der Waals surface area contributed by atoms with E-state index in [2.05, 4.69) is 35.1 Å². The normalized spacial score (nSPS) is 10.8. The summed E-state index contributed by atoms with van der Waals surface area (Å²) in [5.74, 6) is -0.367. The molecule has 0 aliphatic heterocycles. The van der Waals surface area contributed by atoms with Crippen molar-refractivity contribution in [2.45, 2.75) is 20.3 Å². The highest BCUT2D eigenvalue weighted by Crippen LogP contribution is 2.19. The van der Waals surface area contributed by atoms with Crippen LogP contribution in [0.1, 0.15) is 30.6 Å². The Bertz CT molecular complexity index is 404. The summed E-state index contributed by atoms with van der Waals surface area (Å²) in [6.07, 6.45) is 0.993. The van der Waals surface area contributed by atoms with Gasteiger partial charge in [0.05, 0.1) is 12.2 Å². The quantitative estimate of drug-likeness (QED) is 0.778. The van der Waals surface area contributed by atoms with Gasteiger partial charge in [0.25, 0.3) is 5.91 Å². The van der Waals surface area contributed by atoms with Gasteiger partial charge in [-0.3, -0.25) is 4.79 Å².